The highest BCUT2D eigenvalue weighted by Gasteiger charge is 2.00. The zero-order valence-corrected chi connectivity index (χ0v) is 9.81. The highest BCUT2D eigenvalue weighted by Crippen LogP contribution is 2.24. The van der Waals surface area contributed by atoms with E-state index in [0.29, 0.717) is 11.4 Å². The monoisotopic (exact) mass is 251 g/mol. The zero-order chi connectivity index (χ0) is 12.3. The molecule has 0 radical (unpaired) electrons. The Bertz CT molecular complexity index is 491. The fourth-order valence-corrected chi connectivity index (χ4v) is 2.28. The van der Waals surface area contributed by atoms with Crippen LogP contribution in [0.15, 0.2) is 47.4 Å². The molecular weight excluding hydrogens is 240 g/mol. The summed E-state index contributed by atoms with van der Waals surface area (Å²) < 4.78 is 25.7. The van der Waals surface area contributed by atoms with Crippen molar-refractivity contribution in [3.05, 3.63) is 59.7 Å². The molecule has 88 valence electrons. The van der Waals surface area contributed by atoms with E-state index in [1.807, 2.05) is 0 Å². The Hall–Kier alpha value is -1.55. The van der Waals surface area contributed by atoms with Gasteiger partial charge in [0, 0.05) is 16.3 Å². The molecule has 1 nitrogen and oxygen atoms in total. The van der Waals surface area contributed by atoms with Crippen LogP contribution in [0.25, 0.3) is 0 Å². The van der Waals surface area contributed by atoms with E-state index in [1.165, 1.54) is 36.0 Å². The van der Waals surface area contributed by atoms with Gasteiger partial charge in [-0.1, -0.05) is 0 Å². The lowest BCUT2D eigenvalue weighted by atomic mass is 10.2. The topological polar surface area (TPSA) is 26.0 Å². The number of nitrogens with two attached hydrogens (primary N) is 1. The SMILES string of the molecule is Nc1cc(F)cc(CSc2ccc(F)cc2)c1. The Balaban J connectivity index is 2.04. The Kier molecular flexibility index (Phi) is 3.64. The zero-order valence-electron chi connectivity index (χ0n) is 8.99. The lowest BCUT2D eigenvalue weighted by Crippen LogP contribution is -1.90. The number of hydrogen-bond acceptors (Lipinski definition) is 2. The molecule has 0 fully saturated rings. The molecule has 2 aromatic carbocycles. The minimum Gasteiger partial charge on any atom is -0.399 e. The number of thioether (sulfide) groups is 1. The molecule has 0 aromatic heterocycles. The summed E-state index contributed by atoms with van der Waals surface area (Å²) in [5.74, 6) is 0.0113. The van der Waals surface area contributed by atoms with Gasteiger partial charge in [-0.3, -0.25) is 0 Å². The van der Waals surface area contributed by atoms with Crippen molar-refractivity contribution >= 4 is 17.4 Å². The molecule has 0 spiro atoms. The van der Waals surface area contributed by atoms with Crippen LogP contribution in [0.5, 0.6) is 0 Å². The van der Waals surface area contributed by atoms with Crippen LogP contribution < -0.4 is 5.73 Å². The van der Waals surface area contributed by atoms with Crippen molar-refractivity contribution in [2.75, 3.05) is 5.73 Å². The highest BCUT2D eigenvalue weighted by atomic mass is 32.2. The molecule has 0 saturated carbocycles. The van der Waals surface area contributed by atoms with E-state index in [4.69, 9.17) is 5.73 Å². The van der Waals surface area contributed by atoms with Crippen molar-refractivity contribution in [3.63, 3.8) is 0 Å². The molecule has 4 heteroatoms. The Morgan fingerprint density at radius 3 is 2.29 bits per heavy atom. The smallest absolute Gasteiger partial charge is 0.125 e. The summed E-state index contributed by atoms with van der Waals surface area (Å²) in [6, 6.07) is 10.7. The van der Waals surface area contributed by atoms with Crippen LogP contribution in [-0.4, -0.2) is 0 Å². The predicted molar refractivity (Wildman–Crippen MR) is 66.8 cm³/mol. The number of halogens is 2. The molecule has 17 heavy (non-hydrogen) atoms. The lowest BCUT2D eigenvalue weighted by Gasteiger charge is -2.03. The molecular formula is C13H11F2NS. The van der Waals surface area contributed by atoms with Gasteiger partial charge in [-0.15, -0.1) is 11.8 Å². The van der Waals surface area contributed by atoms with E-state index in [-0.39, 0.29) is 11.6 Å². The third-order valence-electron chi connectivity index (χ3n) is 2.20. The predicted octanol–water partition coefficient (Wildman–Crippen LogP) is 3.84. The molecule has 2 aromatic rings. The van der Waals surface area contributed by atoms with Crippen LogP contribution in [0.4, 0.5) is 14.5 Å². The molecule has 0 heterocycles. The summed E-state index contributed by atoms with van der Waals surface area (Å²) in [6.45, 7) is 0. The highest BCUT2D eigenvalue weighted by molar-refractivity contribution is 7.98. The first-order valence-electron chi connectivity index (χ1n) is 5.07. The van der Waals surface area contributed by atoms with Crippen molar-refractivity contribution in [2.45, 2.75) is 10.6 Å². The Morgan fingerprint density at radius 1 is 0.941 bits per heavy atom. The molecule has 0 aliphatic rings. The largest absolute Gasteiger partial charge is 0.399 e. The number of nitrogen functional groups attached to an aromatic ring is 1. The van der Waals surface area contributed by atoms with Gasteiger partial charge >= 0.3 is 0 Å². The van der Waals surface area contributed by atoms with Crippen LogP contribution in [-0.2, 0) is 5.75 Å². The average molecular weight is 251 g/mol. The van der Waals surface area contributed by atoms with Gasteiger partial charge < -0.3 is 5.73 Å². The Labute approximate surface area is 103 Å². The standard InChI is InChI=1S/C13H11F2NS/c14-10-1-3-13(4-2-10)17-8-9-5-11(15)7-12(16)6-9/h1-7H,8,16H2. The molecule has 0 amide bonds. The van der Waals surface area contributed by atoms with E-state index in [1.54, 1.807) is 18.2 Å². The van der Waals surface area contributed by atoms with E-state index >= 15 is 0 Å². The second-order valence-electron chi connectivity index (χ2n) is 3.64. The van der Waals surface area contributed by atoms with Crippen LogP contribution in [0, 0.1) is 11.6 Å². The van der Waals surface area contributed by atoms with Crippen molar-refractivity contribution < 1.29 is 8.78 Å². The van der Waals surface area contributed by atoms with Crippen molar-refractivity contribution in [1.82, 2.24) is 0 Å². The quantitative estimate of drug-likeness (QED) is 0.662. The normalized spacial score (nSPS) is 10.5. The molecule has 2 rings (SSSR count). The molecule has 0 atom stereocenters. The average Bonchev–Trinajstić information content (AvgIpc) is 2.27. The third kappa shape index (κ3) is 3.46. The van der Waals surface area contributed by atoms with E-state index in [2.05, 4.69) is 0 Å². The van der Waals surface area contributed by atoms with E-state index < -0.39 is 0 Å². The Morgan fingerprint density at radius 2 is 1.65 bits per heavy atom. The summed E-state index contributed by atoms with van der Waals surface area (Å²) >= 11 is 1.51. The first-order valence-corrected chi connectivity index (χ1v) is 6.05. The van der Waals surface area contributed by atoms with Crippen LogP contribution >= 0.6 is 11.8 Å². The number of hydrogen-bond donors (Lipinski definition) is 1. The lowest BCUT2D eigenvalue weighted by molar-refractivity contribution is 0.626. The number of rotatable bonds is 3. The number of anilines is 1. The van der Waals surface area contributed by atoms with Gasteiger partial charge in [0.05, 0.1) is 0 Å². The van der Waals surface area contributed by atoms with Gasteiger partial charge in [0.25, 0.3) is 0 Å². The number of benzene rings is 2. The van der Waals surface area contributed by atoms with Crippen molar-refractivity contribution in [2.24, 2.45) is 0 Å². The maximum absolute atomic E-state index is 13.1. The second kappa shape index (κ2) is 5.19. The van der Waals surface area contributed by atoms with Crippen LogP contribution in [0.1, 0.15) is 5.56 Å². The summed E-state index contributed by atoms with van der Waals surface area (Å²) in [6.07, 6.45) is 0. The van der Waals surface area contributed by atoms with Gasteiger partial charge in [-0.05, 0) is 48.0 Å². The molecule has 2 N–H and O–H groups in total. The van der Waals surface area contributed by atoms with Crippen LogP contribution in [0.2, 0.25) is 0 Å². The maximum Gasteiger partial charge on any atom is 0.125 e. The second-order valence-corrected chi connectivity index (χ2v) is 4.68. The van der Waals surface area contributed by atoms with Crippen molar-refractivity contribution in [3.8, 4) is 0 Å². The van der Waals surface area contributed by atoms with Crippen LogP contribution in [0.3, 0.4) is 0 Å². The van der Waals surface area contributed by atoms with Crippen molar-refractivity contribution in [1.29, 1.82) is 0 Å². The molecule has 0 bridgehead atoms. The van der Waals surface area contributed by atoms with Gasteiger partial charge in [0.2, 0.25) is 0 Å². The van der Waals surface area contributed by atoms with Gasteiger partial charge in [-0.2, -0.15) is 0 Å². The fourth-order valence-electron chi connectivity index (χ4n) is 1.46. The van der Waals surface area contributed by atoms with Gasteiger partial charge in [0.15, 0.2) is 0 Å². The molecule has 0 unspecified atom stereocenters. The summed E-state index contributed by atoms with van der Waals surface area (Å²) in [4.78, 5) is 0.939. The van der Waals surface area contributed by atoms with Gasteiger partial charge in [0.1, 0.15) is 11.6 Å². The minimum absolute atomic E-state index is 0.260. The molecule has 0 aliphatic heterocycles. The van der Waals surface area contributed by atoms with E-state index in [9.17, 15) is 8.78 Å². The summed E-state index contributed by atoms with van der Waals surface area (Å²) in [5, 5.41) is 0. The fraction of sp³-hybridized carbons (Fsp3) is 0.0769. The minimum atomic E-state index is -0.334. The summed E-state index contributed by atoms with van der Waals surface area (Å²) in [7, 11) is 0. The first kappa shape index (κ1) is 11.9. The molecule has 0 saturated heterocycles. The third-order valence-corrected chi connectivity index (χ3v) is 3.28. The molecule has 0 aliphatic carbocycles. The van der Waals surface area contributed by atoms with Gasteiger partial charge in [-0.25, -0.2) is 8.78 Å². The summed E-state index contributed by atoms with van der Waals surface area (Å²) in [5.41, 5.74) is 6.78. The first-order chi connectivity index (χ1) is 8.13. The maximum atomic E-state index is 13.1. The van der Waals surface area contributed by atoms with E-state index in [0.717, 1.165) is 10.5 Å².